The minimum atomic E-state index is -1.05. The molecule has 1 atom stereocenters. The maximum Gasteiger partial charge on any atom is 0.336 e. The molecule has 0 bridgehead atoms. The number of amides is 2. The summed E-state index contributed by atoms with van der Waals surface area (Å²) in [6.07, 6.45) is 4.91. The third-order valence-corrected chi connectivity index (χ3v) is 10.3. The molecular formula is C33H39Cl2N5O6S. The van der Waals surface area contributed by atoms with Gasteiger partial charge < -0.3 is 24.6 Å². The maximum absolute atomic E-state index is 13.8. The van der Waals surface area contributed by atoms with Gasteiger partial charge in [0.2, 0.25) is 11.8 Å². The molecule has 2 aromatic rings. The Kier molecular flexibility index (Phi) is 11.9. The molecule has 3 aliphatic rings. The monoisotopic (exact) mass is 703 g/mol. The Morgan fingerprint density at radius 2 is 1.64 bits per heavy atom. The van der Waals surface area contributed by atoms with Crippen LogP contribution in [0.15, 0.2) is 52.3 Å². The van der Waals surface area contributed by atoms with Crippen LogP contribution in [0.3, 0.4) is 0 Å². The second-order valence-electron chi connectivity index (χ2n) is 11.6. The Hall–Kier alpha value is -3.45. The molecule has 0 radical (unpaired) electrons. The van der Waals surface area contributed by atoms with E-state index in [9.17, 15) is 19.2 Å². The highest BCUT2D eigenvalue weighted by Gasteiger charge is 2.42. The second-order valence-corrected chi connectivity index (χ2v) is 13.4. The minimum Gasteiger partial charge on any atom is -0.466 e. The number of halogens is 2. The van der Waals surface area contributed by atoms with Gasteiger partial charge in [0.05, 0.1) is 42.7 Å². The van der Waals surface area contributed by atoms with Crippen molar-refractivity contribution in [3.63, 3.8) is 0 Å². The predicted octanol–water partition coefficient (Wildman–Crippen LogP) is 4.17. The fourth-order valence-electron chi connectivity index (χ4n) is 6.44. The van der Waals surface area contributed by atoms with Crippen LogP contribution in [0.25, 0.3) is 0 Å². The molecule has 47 heavy (non-hydrogen) atoms. The summed E-state index contributed by atoms with van der Waals surface area (Å²) in [5.74, 6) is -2.37. The van der Waals surface area contributed by atoms with E-state index in [-0.39, 0.29) is 39.4 Å². The van der Waals surface area contributed by atoms with Crippen LogP contribution >= 0.6 is 34.5 Å². The molecule has 2 fully saturated rings. The summed E-state index contributed by atoms with van der Waals surface area (Å²) >= 11 is 14.9. The van der Waals surface area contributed by atoms with Crippen molar-refractivity contribution < 1.29 is 28.7 Å². The number of rotatable bonds is 12. The smallest absolute Gasteiger partial charge is 0.336 e. The molecule has 1 unspecified atom stereocenters. The van der Waals surface area contributed by atoms with E-state index in [1.165, 1.54) is 25.6 Å². The number of dihydropyridines is 1. The molecule has 252 valence electrons. The topological polar surface area (TPSA) is 121 Å². The number of carbonyl (C=O) groups excluding carboxylic acids is 4. The average molecular weight is 705 g/mol. The van der Waals surface area contributed by atoms with Crippen LogP contribution in [-0.2, 0) is 35.1 Å². The molecule has 0 aliphatic carbocycles. The number of piperazine rings is 1. The number of carbonyl (C=O) groups is 4. The Morgan fingerprint density at radius 1 is 0.957 bits per heavy atom. The number of esters is 2. The third kappa shape index (κ3) is 8.17. The number of hydrogen-bond acceptors (Lipinski definition) is 10. The van der Waals surface area contributed by atoms with E-state index >= 15 is 0 Å². The van der Waals surface area contributed by atoms with Crippen LogP contribution in [0.5, 0.6) is 0 Å². The third-order valence-electron chi connectivity index (χ3n) is 8.83. The largest absolute Gasteiger partial charge is 0.466 e. The van der Waals surface area contributed by atoms with Crippen LogP contribution < -0.4 is 5.32 Å². The van der Waals surface area contributed by atoms with Crippen LogP contribution in [0, 0.1) is 0 Å². The zero-order valence-electron chi connectivity index (χ0n) is 26.6. The van der Waals surface area contributed by atoms with Crippen molar-refractivity contribution in [3.05, 3.63) is 72.9 Å². The van der Waals surface area contributed by atoms with Gasteiger partial charge in [-0.3, -0.25) is 14.5 Å². The van der Waals surface area contributed by atoms with E-state index in [1.807, 2.05) is 10.3 Å². The minimum absolute atomic E-state index is 0.0735. The summed E-state index contributed by atoms with van der Waals surface area (Å²) in [6, 6.07) is 4.95. The van der Waals surface area contributed by atoms with Crippen molar-refractivity contribution in [1.29, 1.82) is 0 Å². The highest BCUT2D eigenvalue weighted by molar-refractivity contribution is 7.09. The van der Waals surface area contributed by atoms with E-state index in [0.717, 1.165) is 37.5 Å². The lowest BCUT2D eigenvalue weighted by atomic mass is 9.78. The van der Waals surface area contributed by atoms with Gasteiger partial charge in [-0.05, 0) is 37.9 Å². The maximum atomic E-state index is 13.8. The van der Waals surface area contributed by atoms with Crippen molar-refractivity contribution in [2.24, 2.45) is 0 Å². The first kappa shape index (κ1) is 34.9. The molecule has 4 heterocycles. The number of thiazole rings is 1. The number of ether oxygens (including phenoxy) is 2. The Labute approximate surface area is 288 Å². The summed E-state index contributed by atoms with van der Waals surface area (Å²) < 4.78 is 10.5. The molecule has 2 amide bonds. The van der Waals surface area contributed by atoms with E-state index in [2.05, 4.69) is 15.2 Å². The van der Waals surface area contributed by atoms with Crippen LogP contribution in [0.2, 0.25) is 10.0 Å². The number of nitrogens with zero attached hydrogens (tertiary/aromatic N) is 4. The summed E-state index contributed by atoms with van der Waals surface area (Å²) in [6.45, 7) is 4.93. The van der Waals surface area contributed by atoms with Gasteiger partial charge in [-0.25, -0.2) is 14.6 Å². The second kappa shape index (κ2) is 16.1. The number of allylic oxidation sites excluding steroid dienone is 1. The molecule has 1 aromatic heterocycles. The molecule has 11 nitrogen and oxygen atoms in total. The lowest BCUT2D eigenvalue weighted by Gasteiger charge is -2.36. The Morgan fingerprint density at radius 3 is 2.23 bits per heavy atom. The quantitative estimate of drug-likeness (QED) is 0.325. The first-order chi connectivity index (χ1) is 22.7. The fourth-order valence-corrected chi connectivity index (χ4v) is 7.68. The van der Waals surface area contributed by atoms with Crippen molar-refractivity contribution in [3.8, 4) is 0 Å². The number of methoxy groups -OCH3 is 2. The standard InChI is InChI=1S/C33H39Cl2N5O6S/c1-45-32(43)29-23(9-10-25-36-11-19-47-25)37-24(30(33(44)46-2)31(29)28-21(34)6-3-7-22(28)35)20-27(42)40-17-15-38(16-18-40)12-5-14-39-13-4-8-26(39)41/h3,6-7,11,19,31,37H,4-5,8-10,12-18,20H2,1-2H3. The van der Waals surface area contributed by atoms with Gasteiger partial charge >= 0.3 is 11.9 Å². The van der Waals surface area contributed by atoms with Crippen molar-refractivity contribution >= 4 is 58.3 Å². The number of hydrogen-bond donors (Lipinski definition) is 1. The van der Waals surface area contributed by atoms with Crippen molar-refractivity contribution in [2.45, 2.75) is 44.4 Å². The van der Waals surface area contributed by atoms with E-state index in [4.69, 9.17) is 32.7 Å². The van der Waals surface area contributed by atoms with E-state index in [0.29, 0.717) is 62.4 Å². The SMILES string of the molecule is COC(=O)C1=C(CCc2nccs2)NC(CC(=O)N2CCN(CCCN3CCCC3=O)CC2)=C(C(=O)OC)C1c1c(Cl)cccc1Cl. The predicted molar refractivity (Wildman–Crippen MR) is 179 cm³/mol. The normalized spacial score (nSPS) is 18.9. The van der Waals surface area contributed by atoms with Gasteiger partial charge in [-0.15, -0.1) is 11.3 Å². The first-order valence-electron chi connectivity index (χ1n) is 15.7. The van der Waals surface area contributed by atoms with E-state index in [1.54, 1.807) is 29.3 Å². The van der Waals surface area contributed by atoms with Gasteiger partial charge in [-0.2, -0.15) is 0 Å². The van der Waals surface area contributed by atoms with Gasteiger partial charge in [0, 0.05) is 90.7 Å². The number of aromatic nitrogens is 1. The van der Waals surface area contributed by atoms with Gasteiger partial charge in [0.15, 0.2) is 0 Å². The molecule has 0 saturated carbocycles. The van der Waals surface area contributed by atoms with E-state index < -0.39 is 17.9 Å². The van der Waals surface area contributed by atoms with Crippen molar-refractivity contribution in [1.82, 2.24) is 25.0 Å². The summed E-state index contributed by atoms with van der Waals surface area (Å²) in [5.41, 5.74) is 1.40. The molecule has 2 saturated heterocycles. The van der Waals surface area contributed by atoms with Gasteiger partial charge in [-0.1, -0.05) is 29.3 Å². The highest BCUT2D eigenvalue weighted by atomic mass is 35.5. The Balaban J connectivity index is 1.40. The van der Waals surface area contributed by atoms with Crippen LogP contribution in [0.4, 0.5) is 0 Å². The molecule has 1 N–H and O–H groups in total. The number of aryl methyl sites for hydroxylation is 1. The highest BCUT2D eigenvalue weighted by Crippen LogP contribution is 2.46. The Bertz CT molecular complexity index is 1530. The number of nitrogens with one attached hydrogen (secondary N) is 1. The molecule has 5 rings (SSSR count). The molecule has 1 aromatic carbocycles. The number of benzene rings is 1. The number of likely N-dealkylation sites (tertiary alicyclic amines) is 1. The molecule has 0 spiro atoms. The van der Waals surface area contributed by atoms with Gasteiger partial charge in [0.25, 0.3) is 0 Å². The summed E-state index contributed by atoms with van der Waals surface area (Å²) in [4.78, 5) is 63.2. The zero-order valence-corrected chi connectivity index (χ0v) is 28.9. The first-order valence-corrected chi connectivity index (χ1v) is 17.3. The molecule has 3 aliphatic heterocycles. The van der Waals surface area contributed by atoms with Crippen LogP contribution in [0.1, 0.15) is 48.6 Å². The van der Waals surface area contributed by atoms with Crippen LogP contribution in [-0.4, -0.2) is 103 Å². The van der Waals surface area contributed by atoms with Crippen molar-refractivity contribution in [2.75, 3.05) is 60.0 Å². The summed E-state index contributed by atoms with van der Waals surface area (Å²) in [5, 5.41) is 6.52. The molecular weight excluding hydrogens is 665 g/mol. The summed E-state index contributed by atoms with van der Waals surface area (Å²) in [7, 11) is 2.52. The molecule has 14 heteroatoms. The van der Waals surface area contributed by atoms with Gasteiger partial charge in [0.1, 0.15) is 0 Å². The lowest BCUT2D eigenvalue weighted by Crippen LogP contribution is -2.49. The lowest BCUT2D eigenvalue weighted by molar-refractivity contribution is -0.137. The zero-order chi connectivity index (χ0) is 33.5. The average Bonchev–Trinajstić information content (AvgIpc) is 3.75. The fraction of sp³-hybridized carbons (Fsp3) is 0.485.